The van der Waals surface area contributed by atoms with Gasteiger partial charge in [0.1, 0.15) is 6.04 Å². The number of hydrogen-bond donors (Lipinski definition) is 2. The van der Waals surface area contributed by atoms with Crippen molar-refractivity contribution >= 4 is 22.7 Å². The molecular weight excluding hydrogens is 266 g/mol. The smallest absolute Gasteiger partial charge is 0.327 e. The Labute approximate surface area is 115 Å². The summed E-state index contributed by atoms with van der Waals surface area (Å²) in [5, 5.41) is 11.3. The van der Waals surface area contributed by atoms with E-state index >= 15 is 0 Å². The molecule has 4 unspecified atom stereocenters. The highest BCUT2D eigenvalue weighted by molar-refractivity contribution is 7.85. The van der Waals surface area contributed by atoms with Gasteiger partial charge in [-0.15, -0.1) is 0 Å². The Bertz CT molecular complexity index is 398. The lowest BCUT2D eigenvalue weighted by atomic mass is 9.90. The molecular formula is C13H21NO4S. The molecule has 19 heavy (non-hydrogen) atoms. The van der Waals surface area contributed by atoms with Crippen LogP contribution in [-0.2, 0) is 20.4 Å². The van der Waals surface area contributed by atoms with Gasteiger partial charge < -0.3 is 10.4 Å². The van der Waals surface area contributed by atoms with Crippen LogP contribution < -0.4 is 5.32 Å². The molecule has 1 amide bonds. The van der Waals surface area contributed by atoms with Crippen molar-refractivity contribution in [3.05, 3.63) is 0 Å². The number of carboxylic acid groups (broad SMARTS) is 1. The van der Waals surface area contributed by atoms with E-state index in [2.05, 4.69) is 5.32 Å². The van der Waals surface area contributed by atoms with Crippen molar-refractivity contribution in [2.75, 3.05) is 11.5 Å². The lowest BCUT2D eigenvalue weighted by Gasteiger charge is -2.22. The molecule has 2 bridgehead atoms. The minimum Gasteiger partial charge on any atom is -0.480 e. The molecule has 2 fully saturated rings. The Kier molecular flexibility index (Phi) is 4.60. The normalized spacial score (nSPS) is 31.9. The first-order valence-electron chi connectivity index (χ1n) is 6.80. The quantitative estimate of drug-likeness (QED) is 0.755. The van der Waals surface area contributed by atoms with Gasteiger partial charge in [0.25, 0.3) is 0 Å². The molecule has 0 aromatic heterocycles. The van der Waals surface area contributed by atoms with Gasteiger partial charge in [-0.1, -0.05) is 6.42 Å². The summed E-state index contributed by atoms with van der Waals surface area (Å²) < 4.78 is 12.1. The van der Waals surface area contributed by atoms with Crippen LogP contribution in [0, 0.1) is 17.8 Å². The average molecular weight is 287 g/mol. The molecule has 0 heterocycles. The van der Waals surface area contributed by atoms with E-state index < -0.39 is 28.7 Å². The van der Waals surface area contributed by atoms with Gasteiger partial charge in [-0.2, -0.15) is 0 Å². The maximum atomic E-state index is 12.1. The number of amides is 1. The van der Waals surface area contributed by atoms with E-state index in [4.69, 9.17) is 5.11 Å². The number of nitrogens with one attached hydrogen (secondary N) is 1. The predicted octanol–water partition coefficient (Wildman–Crippen LogP) is 0.761. The summed E-state index contributed by atoms with van der Waals surface area (Å²) in [6, 6.07) is -1.03. The van der Waals surface area contributed by atoms with Crippen LogP contribution in [0.1, 0.15) is 32.6 Å². The lowest BCUT2D eigenvalue weighted by Crippen LogP contribution is -2.44. The van der Waals surface area contributed by atoms with Crippen molar-refractivity contribution in [1.29, 1.82) is 0 Å². The largest absolute Gasteiger partial charge is 0.480 e. The molecule has 0 aromatic rings. The highest BCUT2D eigenvalue weighted by Crippen LogP contribution is 2.48. The lowest BCUT2D eigenvalue weighted by molar-refractivity contribution is -0.140. The molecule has 6 heteroatoms. The molecule has 2 N–H and O–H groups in total. The fourth-order valence-corrected chi connectivity index (χ4v) is 5.11. The SMILES string of the molecule is CC(=O)N[C@@H](CS(=O)CC1CC2CCC1C2)C(=O)O. The molecule has 0 saturated heterocycles. The summed E-state index contributed by atoms with van der Waals surface area (Å²) in [7, 11) is -1.17. The minimum absolute atomic E-state index is 0.0167. The Morgan fingerprint density at radius 2 is 2.11 bits per heavy atom. The van der Waals surface area contributed by atoms with Gasteiger partial charge in [0.15, 0.2) is 0 Å². The molecule has 108 valence electrons. The molecule has 0 aliphatic heterocycles. The van der Waals surface area contributed by atoms with Crippen molar-refractivity contribution in [3.63, 3.8) is 0 Å². The van der Waals surface area contributed by atoms with E-state index in [1.54, 1.807) is 0 Å². The highest BCUT2D eigenvalue weighted by Gasteiger charge is 2.40. The van der Waals surface area contributed by atoms with Crippen LogP contribution in [0.5, 0.6) is 0 Å². The number of carbonyl (C=O) groups is 2. The second-order valence-electron chi connectivity index (χ2n) is 5.80. The number of fused-ring (bicyclic) bond motifs is 2. The summed E-state index contributed by atoms with van der Waals surface area (Å²) in [5.74, 6) is 1.08. The van der Waals surface area contributed by atoms with Crippen molar-refractivity contribution in [3.8, 4) is 0 Å². The van der Waals surface area contributed by atoms with Gasteiger partial charge in [-0.05, 0) is 37.0 Å². The standard InChI is InChI=1S/C13H21NO4S/c1-8(15)14-12(13(16)17)7-19(18)6-11-5-9-2-3-10(11)4-9/h9-12H,2-7H2,1H3,(H,14,15)(H,16,17)/t9?,10?,11?,12-,19?/m0/s1. The van der Waals surface area contributed by atoms with Gasteiger partial charge in [-0.3, -0.25) is 9.00 Å². The number of carboxylic acids is 1. The number of rotatable bonds is 6. The van der Waals surface area contributed by atoms with Crippen LogP contribution in [0.2, 0.25) is 0 Å². The van der Waals surface area contributed by atoms with Crippen LogP contribution in [0.3, 0.4) is 0 Å². The molecule has 5 atom stereocenters. The first kappa shape index (κ1) is 14.5. The van der Waals surface area contributed by atoms with Crippen molar-refractivity contribution in [2.24, 2.45) is 17.8 Å². The zero-order valence-electron chi connectivity index (χ0n) is 11.1. The number of aliphatic carboxylic acids is 1. The summed E-state index contributed by atoms with van der Waals surface area (Å²) >= 11 is 0. The maximum Gasteiger partial charge on any atom is 0.327 e. The van der Waals surface area contributed by atoms with Crippen molar-refractivity contribution in [1.82, 2.24) is 5.32 Å². The van der Waals surface area contributed by atoms with Gasteiger partial charge in [0.05, 0.1) is 5.75 Å². The summed E-state index contributed by atoms with van der Waals surface area (Å²) in [6.45, 7) is 1.27. The summed E-state index contributed by atoms with van der Waals surface area (Å²) in [4.78, 5) is 21.9. The molecule has 0 aromatic carbocycles. The second-order valence-corrected chi connectivity index (χ2v) is 7.35. The van der Waals surface area contributed by atoms with Crippen LogP contribution in [-0.4, -0.2) is 38.7 Å². The van der Waals surface area contributed by atoms with Crippen LogP contribution in [0.4, 0.5) is 0 Å². The number of hydrogen-bond acceptors (Lipinski definition) is 3. The topological polar surface area (TPSA) is 83.5 Å². The van der Waals surface area contributed by atoms with Gasteiger partial charge in [0.2, 0.25) is 5.91 Å². The third kappa shape index (κ3) is 3.78. The Balaban J connectivity index is 1.82. The van der Waals surface area contributed by atoms with E-state index in [-0.39, 0.29) is 5.75 Å². The molecule has 2 rings (SSSR count). The van der Waals surface area contributed by atoms with E-state index in [0.717, 1.165) is 12.3 Å². The average Bonchev–Trinajstić information content (AvgIpc) is 2.89. The van der Waals surface area contributed by atoms with Gasteiger partial charge >= 0.3 is 5.97 Å². The summed E-state index contributed by atoms with van der Waals surface area (Å²) in [5.41, 5.74) is 0. The van der Waals surface area contributed by atoms with Crippen molar-refractivity contribution < 1.29 is 18.9 Å². The summed E-state index contributed by atoms with van der Waals surface area (Å²) in [6.07, 6.45) is 4.95. The Hall–Kier alpha value is -0.910. The first-order valence-corrected chi connectivity index (χ1v) is 8.29. The van der Waals surface area contributed by atoms with E-state index in [0.29, 0.717) is 17.6 Å². The zero-order chi connectivity index (χ0) is 14.0. The van der Waals surface area contributed by atoms with Crippen LogP contribution in [0.15, 0.2) is 0 Å². The van der Waals surface area contributed by atoms with Crippen LogP contribution >= 0.6 is 0 Å². The third-order valence-electron chi connectivity index (χ3n) is 4.31. The van der Waals surface area contributed by atoms with Crippen LogP contribution in [0.25, 0.3) is 0 Å². The fraction of sp³-hybridized carbons (Fsp3) is 0.846. The molecule has 5 nitrogen and oxygen atoms in total. The van der Waals surface area contributed by atoms with Crippen molar-refractivity contribution in [2.45, 2.75) is 38.6 Å². The molecule has 0 radical (unpaired) electrons. The highest BCUT2D eigenvalue weighted by atomic mass is 32.2. The second kappa shape index (κ2) is 6.03. The van der Waals surface area contributed by atoms with E-state index in [1.807, 2.05) is 0 Å². The predicted molar refractivity (Wildman–Crippen MR) is 72.1 cm³/mol. The monoisotopic (exact) mass is 287 g/mol. The minimum atomic E-state index is -1.17. The molecule has 2 saturated carbocycles. The van der Waals surface area contributed by atoms with Gasteiger partial charge in [0, 0.05) is 23.5 Å². The Morgan fingerprint density at radius 3 is 2.58 bits per heavy atom. The maximum absolute atomic E-state index is 12.1. The zero-order valence-corrected chi connectivity index (χ0v) is 11.9. The Morgan fingerprint density at radius 1 is 1.37 bits per heavy atom. The first-order chi connectivity index (χ1) is 8.95. The third-order valence-corrected chi connectivity index (χ3v) is 5.82. The van der Waals surface area contributed by atoms with E-state index in [1.165, 1.54) is 26.2 Å². The molecule has 0 spiro atoms. The van der Waals surface area contributed by atoms with Gasteiger partial charge in [-0.25, -0.2) is 4.79 Å². The molecule has 2 aliphatic carbocycles. The number of carbonyl (C=O) groups excluding carboxylic acids is 1. The molecule has 2 aliphatic rings. The van der Waals surface area contributed by atoms with E-state index in [9.17, 15) is 13.8 Å². The fourth-order valence-electron chi connectivity index (χ4n) is 3.49.